The minimum absolute atomic E-state index is 0.0919. The Balaban J connectivity index is 1.82. The number of hydrogen-bond acceptors (Lipinski definition) is 5. The molecule has 3 aromatic rings. The van der Waals surface area contributed by atoms with Crippen LogP contribution in [0.2, 0.25) is 0 Å². The molecule has 4 rings (SSSR count). The molecule has 1 fully saturated rings. The van der Waals surface area contributed by atoms with Crippen LogP contribution >= 0.6 is 11.8 Å². The van der Waals surface area contributed by atoms with Crippen molar-refractivity contribution in [2.45, 2.75) is 37.1 Å². The zero-order valence-electron chi connectivity index (χ0n) is 16.0. The van der Waals surface area contributed by atoms with Gasteiger partial charge in [0.25, 0.3) is 5.56 Å². The van der Waals surface area contributed by atoms with Gasteiger partial charge in [0.05, 0.1) is 16.2 Å². The first-order chi connectivity index (χ1) is 13.6. The predicted molar refractivity (Wildman–Crippen MR) is 111 cm³/mol. The zero-order chi connectivity index (χ0) is 19.7. The smallest absolute Gasteiger partial charge is 0.267 e. The fraction of sp³-hybridized carbons (Fsp3) is 0.333. The Morgan fingerprint density at radius 1 is 1.14 bits per heavy atom. The van der Waals surface area contributed by atoms with Crippen LogP contribution in [0.5, 0.6) is 0 Å². The third-order valence-corrected chi connectivity index (χ3v) is 6.03. The van der Waals surface area contributed by atoms with E-state index in [0.29, 0.717) is 21.9 Å². The minimum Gasteiger partial charge on any atom is -0.342 e. The lowest BCUT2D eigenvalue weighted by molar-refractivity contribution is -0.129. The molecule has 1 aliphatic heterocycles. The highest BCUT2D eigenvalue weighted by molar-refractivity contribution is 8.00. The fourth-order valence-corrected chi connectivity index (χ4v) is 4.48. The summed E-state index contributed by atoms with van der Waals surface area (Å²) in [6.07, 6.45) is 3.77. The molecule has 7 heteroatoms. The molecule has 0 N–H and O–H groups in total. The predicted octanol–water partition coefficient (Wildman–Crippen LogP) is 3.19. The molecule has 1 amide bonds. The highest BCUT2D eigenvalue weighted by Gasteiger charge is 2.26. The van der Waals surface area contributed by atoms with E-state index in [1.54, 1.807) is 12.3 Å². The van der Waals surface area contributed by atoms with Crippen LogP contribution in [0.25, 0.3) is 16.7 Å². The number of carbonyl (C=O) groups excluding carboxylic acids is 1. The maximum atomic E-state index is 13.3. The third kappa shape index (κ3) is 3.42. The summed E-state index contributed by atoms with van der Waals surface area (Å²) in [5.74, 6) is 0.642. The van der Waals surface area contributed by atoms with Gasteiger partial charge in [0.1, 0.15) is 5.82 Å². The summed E-state index contributed by atoms with van der Waals surface area (Å²) in [5, 5.41) is 0.697. The average Bonchev–Trinajstić information content (AvgIpc) is 3.23. The molecule has 1 aromatic carbocycles. The van der Waals surface area contributed by atoms with Crippen molar-refractivity contribution in [3.8, 4) is 5.82 Å². The number of likely N-dealkylation sites (tertiary alicyclic amines) is 1. The highest BCUT2D eigenvalue weighted by Crippen LogP contribution is 2.27. The third-order valence-electron chi connectivity index (χ3n) is 4.99. The van der Waals surface area contributed by atoms with Gasteiger partial charge in [-0.25, -0.2) is 14.5 Å². The van der Waals surface area contributed by atoms with Crippen molar-refractivity contribution in [2.75, 3.05) is 13.1 Å². The first kappa shape index (κ1) is 18.7. The van der Waals surface area contributed by atoms with E-state index in [1.807, 2.05) is 49.1 Å². The molecule has 0 saturated carbocycles. The summed E-state index contributed by atoms with van der Waals surface area (Å²) in [5.41, 5.74) is 1.33. The summed E-state index contributed by atoms with van der Waals surface area (Å²) < 4.78 is 1.54. The van der Waals surface area contributed by atoms with Gasteiger partial charge in [0, 0.05) is 19.3 Å². The van der Waals surface area contributed by atoms with Crippen molar-refractivity contribution >= 4 is 28.6 Å². The number of aryl methyl sites for hydroxylation is 1. The maximum absolute atomic E-state index is 13.3. The maximum Gasteiger partial charge on any atom is 0.267 e. The van der Waals surface area contributed by atoms with Crippen LogP contribution in [0.15, 0.2) is 52.5 Å². The van der Waals surface area contributed by atoms with Crippen LogP contribution in [0, 0.1) is 6.92 Å². The Morgan fingerprint density at radius 2 is 1.89 bits per heavy atom. The molecule has 1 saturated heterocycles. The van der Waals surface area contributed by atoms with E-state index in [1.165, 1.54) is 16.3 Å². The van der Waals surface area contributed by atoms with Crippen molar-refractivity contribution in [2.24, 2.45) is 0 Å². The van der Waals surface area contributed by atoms with Gasteiger partial charge >= 0.3 is 0 Å². The lowest BCUT2D eigenvalue weighted by atomic mass is 10.2. The van der Waals surface area contributed by atoms with Gasteiger partial charge in [0.2, 0.25) is 5.91 Å². The molecule has 6 nitrogen and oxygen atoms in total. The van der Waals surface area contributed by atoms with Crippen LogP contribution in [0.3, 0.4) is 0 Å². The molecule has 3 heterocycles. The van der Waals surface area contributed by atoms with Gasteiger partial charge in [-0.05, 0) is 50.5 Å². The first-order valence-electron chi connectivity index (χ1n) is 9.45. The van der Waals surface area contributed by atoms with Crippen molar-refractivity contribution in [3.63, 3.8) is 0 Å². The summed E-state index contributed by atoms with van der Waals surface area (Å²) >= 11 is 1.32. The van der Waals surface area contributed by atoms with E-state index >= 15 is 0 Å². The van der Waals surface area contributed by atoms with Crippen LogP contribution in [-0.2, 0) is 4.79 Å². The molecule has 0 aliphatic carbocycles. The number of hydrogen-bond donors (Lipinski definition) is 0. The lowest BCUT2D eigenvalue weighted by Gasteiger charge is -2.21. The standard InChI is InChI=1S/C21H22N4O2S/c1-14-8-7-11-22-18(14)25-20(27)16-9-3-4-10-17(16)23-21(25)28-15(2)19(26)24-12-5-6-13-24/h3-4,7-11,15H,5-6,12-13H2,1-2H3/t15-/m1/s1. The quantitative estimate of drug-likeness (QED) is 0.502. The normalized spacial score (nSPS) is 15.1. The average molecular weight is 395 g/mol. The molecular formula is C21H22N4O2S. The highest BCUT2D eigenvalue weighted by atomic mass is 32.2. The van der Waals surface area contributed by atoms with E-state index in [0.717, 1.165) is 31.5 Å². The first-order valence-corrected chi connectivity index (χ1v) is 10.3. The van der Waals surface area contributed by atoms with Crippen LogP contribution in [0.1, 0.15) is 25.3 Å². The molecule has 0 unspecified atom stereocenters. The van der Waals surface area contributed by atoms with E-state index in [-0.39, 0.29) is 16.7 Å². The van der Waals surface area contributed by atoms with Crippen molar-refractivity contribution in [1.29, 1.82) is 0 Å². The largest absolute Gasteiger partial charge is 0.342 e. The van der Waals surface area contributed by atoms with E-state index in [4.69, 9.17) is 4.98 Å². The second-order valence-corrected chi connectivity index (χ2v) is 8.30. The summed E-state index contributed by atoms with van der Waals surface area (Å²) in [6, 6.07) is 11.0. The van der Waals surface area contributed by atoms with Gasteiger partial charge in [0.15, 0.2) is 5.16 Å². The van der Waals surface area contributed by atoms with Crippen molar-refractivity contribution in [3.05, 3.63) is 58.5 Å². The van der Waals surface area contributed by atoms with E-state index < -0.39 is 0 Å². The molecule has 2 aromatic heterocycles. The Kier molecular flexibility index (Phi) is 5.17. The molecule has 0 spiro atoms. The topological polar surface area (TPSA) is 68.1 Å². The van der Waals surface area contributed by atoms with Crippen LogP contribution < -0.4 is 5.56 Å². The number of nitrogens with zero attached hydrogens (tertiary/aromatic N) is 4. The van der Waals surface area contributed by atoms with Crippen LogP contribution in [-0.4, -0.2) is 43.7 Å². The number of aromatic nitrogens is 3. The monoisotopic (exact) mass is 394 g/mol. The SMILES string of the molecule is Cc1cccnc1-n1c(S[C@H](C)C(=O)N2CCCC2)nc2ccccc2c1=O. The molecule has 144 valence electrons. The van der Waals surface area contributed by atoms with Gasteiger partial charge in [-0.1, -0.05) is 30.0 Å². The molecule has 0 radical (unpaired) electrons. The molecular weight excluding hydrogens is 372 g/mol. The zero-order valence-corrected chi connectivity index (χ0v) is 16.8. The Morgan fingerprint density at radius 3 is 2.64 bits per heavy atom. The fourth-order valence-electron chi connectivity index (χ4n) is 3.49. The lowest BCUT2D eigenvalue weighted by Crippen LogP contribution is -2.34. The Labute approximate surface area is 167 Å². The molecule has 1 aliphatic rings. The van der Waals surface area contributed by atoms with Crippen molar-refractivity contribution in [1.82, 2.24) is 19.4 Å². The number of fused-ring (bicyclic) bond motifs is 1. The van der Waals surface area contributed by atoms with Gasteiger partial charge < -0.3 is 4.90 Å². The number of pyridine rings is 1. The number of thioether (sulfide) groups is 1. The minimum atomic E-state index is -0.332. The van der Waals surface area contributed by atoms with E-state index in [2.05, 4.69) is 4.98 Å². The Bertz CT molecular complexity index is 1090. The molecule has 28 heavy (non-hydrogen) atoms. The van der Waals surface area contributed by atoms with Gasteiger partial charge in [-0.15, -0.1) is 0 Å². The van der Waals surface area contributed by atoms with Gasteiger partial charge in [-0.2, -0.15) is 0 Å². The number of carbonyl (C=O) groups is 1. The Hall–Kier alpha value is -2.67. The van der Waals surface area contributed by atoms with E-state index in [9.17, 15) is 9.59 Å². The molecule has 0 bridgehead atoms. The second-order valence-electron chi connectivity index (χ2n) is 6.99. The number of amides is 1. The van der Waals surface area contributed by atoms with Gasteiger partial charge in [-0.3, -0.25) is 9.59 Å². The number of rotatable bonds is 4. The summed E-state index contributed by atoms with van der Waals surface area (Å²) in [7, 11) is 0. The van der Waals surface area contributed by atoms with Crippen LogP contribution in [0.4, 0.5) is 0 Å². The summed E-state index contributed by atoms with van der Waals surface area (Å²) in [4.78, 5) is 37.1. The summed E-state index contributed by atoms with van der Waals surface area (Å²) in [6.45, 7) is 5.40. The number of para-hydroxylation sites is 1. The number of benzene rings is 1. The molecule has 1 atom stereocenters. The second kappa shape index (κ2) is 7.75. The van der Waals surface area contributed by atoms with Crippen molar-refractivity contribution < 1.29 is 4.79 Å².